The molecule has 1 saturated heterocycles. The van der Waals surface area contributed by atoms with Crippen LogP contribution in [0.3, 0.4) is 0 Å². The second kappa shape index (κ2) is 13.2. The monoisotopic (exact) mass is 472 g/mol. The minimum Gasteiger partial charge on any atom is -0.465 e. The molecule has 186 valence electrons. The van der Waals surface area contributed by atoms with Crippen molar-refractivity contribution < 1.29 is 32.5 Å². The van der Waals surface area contributed by atoms with E-state index in [0.29, 0.717) is 25.5 Å². The van der Waals surface area contributed by atoms with Gasteiger partial charge >= 0.3 is 6.09 Å². The molecule has 1 aromatic carbocycles. The van der Waals surface area contributed by atoms with Gasteiger partial charge in [0, 0.05) is 37.4 Å². The first-order valence-corrected chi connectivity index (χ1v) is 12.0. The van der Waals surface area contributed by atoms with E-state index < -0.39 is 23.5 Å². The first kappa shape index (κ1) is 25.8. The van der Waals surface area contributed by atoms with E-state index >= 15 is 0 Å². The lowest BCUT2D eigenvalue weighted by molar-refractivity contribution is 0.00571. The van der Waals surface area contributed by atoms with Crippen molar-refractivity contribution in [2.75, 3.05) is 39.5 Å². The van der Waals surface area contributed by atoms with Crippen molar-refractivity contribution in [2.24, 2.45) is 0 Å². The number of nitrogens with zero attached hydrogens (tertiary/aromatic N) is 2. The van der Waals surface area contributed by atoms with Gasteiger partial charge in [0.1, 0.15) is 5.82 Å². The van der Waals surface area contributed by atoms with Gasteiger partial charge in [0.25, 0.3) is 0 Å². The molecule has 1 amide bonds. The molecule has 1 N–H and O–H groups in total. The second-order valence-electron chi connectivity index (χ2n) is 8.94. The van der Waals surface area contributed by atoms with Gasteiger partial charge in [-0.25, -0.2) is 18.0 Å². The van der Waals surface area contributed by atoms with Crippen LogP contribution < -0.4 is 0 Å². The fourth-order valence-electron chi connectivity index (χ4n) is 4.61. The van der Waals surface area contributed by atoms with Crippen molar-refractivity contribution in [1.82, 2.24) is 9.80 Å². The highest BCUT2D eigenvalue weighted by Crippen LogP contribution is 2.27. The molecule has 33 heavy (non-hydrogen) atoms. The van der Waals surface area contributed by atoms with Crippen molar-refractivity contribution in [3.63, 3.8) is 0 Å². The average Bonchev–Trinajstić information content (AvgIpc) is 2.81. The summed E-state index contributed by atoms with van der Waals surface area (Å²) in [6.07, 6.45) is 6.08. The molecule has 2 aliphatic rings. The minimum atomic E-state index is -1.28. The van der Waals surface area contributed by atoms with Crippen LogP contribution in [0.15, 0.2) is 12.1 Å². The van der Waals surface area contributed by atoms with E-state index in [1.165, 1.54) is 12.8 Å². The van der Waals surface area contributed by atoms with Gasteiger partial charge < -0.3 is 19.5 Å². The number of halogens is 3. The number of amides is 1. The predicted octanol–water partition coefficient (Wildman–Crippen LogP) is 4.80. The Hall–Kier alpha value is -1.84. The molecular formula is C24H35F3N2O4. The van der Waals surface area contributed by atoms with Gasteiger partial charge in [-0.15, -0.1) is 0 Å². The van der Waals surface area contributed by atoms with Crippen LogP contribution in [0.5, 0.6) is 0 Å². The number of carbonyl (C=O) groups is 1. The van der Waals surface area contributed by atoms with E-state index in [1.807, 2.05) is 0 Å². The molecule has 3 rings (SSSR count). The Kier molecular flexibility index (Phi) is 10.3. The third-order valence-electron chi connectivity index (χ3n) is 6.59. The zero-order valence-electron chi connectivity index (χ0n) is 19.1. The minimum absolute atomic E-state index is 0.102. The number of carboxylic acid groups (broad SMARTS) is 1. The highest BCUT2D eigenvalue weighted by Gasteiger charge is 2.30. The number of rotatable bonds is 11. The fourth-order valence-corrected chi connectivity index (χ4v) is 4.61. The van der Waals surface area contributed by atoms with Gasteiger partial charge in [-0.05, 0) is 51.1 Å². The van der Waals surface area contributed by atoms with E-state index in [1.54, 1.807) is 0 Å². The van der Waals surface area contributed by atoms with Crippen molar-refractivity contribution in [1.29, 1.82) is 0 Å². The number of hydrogen-bond acceptors (Lipinski definition) is 4. The highest BCUT2D eigenvalue weighted by atomic mass is 19.2. The van der Waals surface area contributed by atoms with E-state index in [2.05, 4.69) is 4.90 Å². The highest BCUT2D eigenvalue weighted by molar-refractivity contribution is 5.65. The number of hydrogen-bond donors (Lipinski definition) is 1. The maximum Gasteiger partial charge on any atom is 0.407 e. The number of ether oxygens (including phenoxy) is 2. The lowest BCUT2D eigenvalue weighted by atomic mass is 9.91. The van der Waals surface area contributed by atoms with Gasteiger partial charge in [-0.1, -0.05) is 12.8 Å². The van der Waals surface area contributed by atoms with Crippen molar-refractivity contribution in [3.8, 4) is 0 Å². The molecule has 1 aromatic rings. The van der Waals surface area contributed by atoms with E-state index in [-0.39, 0.29) is 24.3 Å². The van der Waals surface area contributed by atoms with Crippen LogP contribution in [-0.2, 0) is 16.0 Å². The van der Waals surface area contributed by atoms with E-state index in [0.717, 1.165) is 69.5 Å². The molecule has 9 heteroatoms. The lowest BCUT2D eigenvalue weighted by Crippen LogP contribution is -2.42. The fraction of sp³-hybridized carbons (Fsp3) is 0.708. The SMILES string of the molecule is O=C(O)N(Cc1cc(F)c(F)cc1F)C1CCC(OCCCCCCN2CCOCC2)CC1. The van der Waals surface area contributed by atoms with Gasteiger partial charge in [0.05, 0.1) is 25.9 Å². The van der Waals surface area contributed by atoms with Gasteiger partial charge in [-0.3, -0.25) is 4.90 Å². The van der Waals surface area contributed by atoms with Crippen LogP contribution in [0.4, 0.5) is 18.0 Å². The summed E-state index contributed by atoms with van der Waals surface area (Å²) < 4.78 is 52.0. The van der Waals surface area contributed by atoms with E-state index in [4.69, 9.17) is 9.47 Å². The van der Waals surface area contributed by atoms with Crippen LogP contribution in [0.1, 0.15) is 56.9 Å². The molecule has 1 aliphatic heterocycles. The summed E-state index contributed by atoms with van der Waals surface area (Å²) in [7, 11) is 0. The third-order valence-corrected chi connectivity index (χ3v) is 6.59. The molecule has 1 heterocycles. The molecule has 0 unspecified atom stereocenters. The molecule has 2 fully saturated rings. The smallest absolute Gasteiger partial charge is 0.407 e. The van der Waals surface area contributed by atoms with Crippen molar-refractivity contribution in [3.05, 3.63) is 35.1 Å². The normalized spacial score (nSPS) is 21.8. The largest absolute Gasteiger partial charge is 0.465 e. The molecule has 1 aliphatic carbocycles. The van der Waals surface area contributed by atoms with Crippen molar-refractivity contribution in [2.45, 2.75) is 70.1 Å². The Labute approximate surface area is 193 Å². The third kappa shape index (κ3) is 8.15. The van der Waals surface area contributed by atoms with Crippen LogP contribution in [0.25, 0.3) is 0 Å². The molecule has 0 radical (unpaired) electrons. The molecule has 6 nitrogen and oxygen atoms in total. The summed E-state index contributed by atoms with van der Waals surface area (Å²) in [6, 6.07) is 0.893. The summed E-state index contributed by atoms with van der Waals surface area (Å²) in [5.41, 5.74) is -0.164. The Balaban J connectivity index is 1.32. The molecule has 0 atom stereocenters. The summed E-state index contributed by atoms with van der Waals surface area (Å²) in [5, 5.41) is 9.59. The Morgan fingerprint density at radius 3 is 2.36 bits per heavy atom. The predicted molar refractivity (Wildman–Crippen MR) is 118 cm³/mol. The zero-order chi connectivity index (χ0) is 23.6. The quantitative estimate of drug-likeness (QED) is 0.370. The average molecular weight is 473 g/mol. The zero-order valence-corrected chi connectivity index (χ0v) is 19.1. The Morgan fingerprint density at radius 2 is 1.67 bits per heavy atom. The maximum atomic E-state index is 14.0. The van der Waals surface area contributed by atoms with Crippen LogP contribution in [-0.4, -0.2) is 72.6 Å². The molecular weight excluding hydrogens is 437 g/mol. The van der Waals surface area contributed by atoms with Gasteiger partial charge in [0.2, 0.25) is 0 Å². The van der Waals surface area contributed by atoms with Gasteiger partial charge in [0.15, 0.2) is 11.6 Å². The Bertz CT molecular complexity index is 753. The van der Waals surface area contributed by atoms with E-state index in [9.17, 15) is 23.1 Å². The standard InChI is InChI=1S/C24H35F3N2O4/c25-21-16-23(27)22(26)15-18(21)17-29(24(30)31)19-5-7-20(8-6-19)33-12-4-2-1-3-9-28-10-13-32-14-11-28/h15-16,19-20H,1-14,17H2,(H,30,31). The number of unbranched alkanes of at least 4 members (excludes halogenated alkanes) is 3. The number of morpholine rings is 1. The first-order valence-electron chi connectivity index (χ1n) is 12.0. The summed E-state index contributed by atoms with van der Waals surface area (Å²) in [4.78, 5) is 15.3. The maximum absolute atomic E-state index is 14.0. The van der Waals surface area contributed by atoms with Crippen LogP contribution >= 0.6 is 0 Å². The summed E-state index contributed by atoms with van der Waals surface area (Å²) >= 11 is 0. The van der Waals surface area contributed by atoms with Crippen LogP contribution in [0, 0.1) is 17.5 Å². The van der Waals surface area contributed by atoms with Crippen LogP contribution in [0.2, 0.25) is 0 Å². The van der Waals surface area contributed by atoms with Crippen molar-refractivity contribution >= 4 is 6.09 Å². The Morgan fingerprint density at radius 1 is 1.00 bits per heavy atom. The van der Waals surface area contributed by atoms with Gasteiger partial charge in [-0.2, -0.15) is 0 Å². The second-order valence-corrected chi connectivity index (χ2v) is 8.94. The lowest BCUT2D eigenvalue weighted by Gasteiger charge is -2.35. The number of benzene rings is 1. The topological polar surface area (TPSA) is 62.2 Å². The first-order chi connectivity index (χ1) is 15.9. The molecule has 0 bridgehead atoms. The molecule has 1 saturated carbocycles. The molecule has 0 aromatic heterocycles. The summed E-state index contributed by atoms with van der Waals surface area (Å²) in [6.45, 7) is 5.25. The summed E-state index contributed by atoms with van der Waals surface area (Å²) in [5.74, 6) is -3.41. The molecule has 0 spiro atoms.